The van der Waals surface area contributed by atoms with Crippen molar-refractivity contribution in [2.24, 2.45) is 11.7 Å². The third kappa shape index (κ3) is 4.59. The molecule has 6 nitrogen and oxygen atoms in total. The fourth-order valence-corrected chi connectivity index (χ4v) is 1.36. The van der Waals surface area contributed by atoms with E-state index in [2.05, 4.69) is 5.32 Å². The first-order valence-electron chi connectivity index (χ1n) is 5.15. The Hall–Kier alpha value is -1.14. The van der Waals surface area contributed by atoms with Crippen molar-refractivity contribution in [2.45, 2.75) is 13.0 Å². The number of ether oxygens (including phenoxy) is 1. The normalized spacial score (nSPS) is 14.1. The number of nitrogens with zero attached hydrogens (tertiary/aromatic N) is 1. The second kappa shape index (κ2) is 7.19. The highest BCUT2D eigenvalue weighted by Crippen LogP contribution is 2.00. The van der Waals surface area contributed by atoms with E-state index in [0.29, 0.717) is 6.54 Å². The van der Waals surface area contributed by atoms with Crippen LogP contribution in [0.2, 0.25) is 0 Å². The van der Waals surface area contributed by atoms with E-state index >= 15 is 0 Å². The summed E-state index contributed by atoms with van der Waals surface area (Å²) >= 11 is 0. The van der Waals surface area contributed by atoms with Gasteiger partial charge in [0.2, 0.25) is 11.8 Å². The molecule has 0 aliphatic rings. The van der Waals surface area contributed by atoms with Crippen LogP contribution in [0.3, 0.4) is 0 Å². The van der Waals surface area contributed by atoms with E-state index in [-0.39, 0.29) is 24.3 Å². The molecule has 0 heterocycles. The number of nitrogens with two attached hydrogens (primary N) is 1. The van der Waals surface area contributed by atoms with Gasteiger partial charge in [0.05, 0.1) is 12.5 Å². The topological polar surface area (TPSA) is 84.7 Å². The Morgan fingerprint density at radius 1 is 1.50 bits per heavy atom. The summed E-state index contributed by atoms with van der Waals surface area (Å²) in [6, 6.07) is -0.674. The van der Waals surface area contributed by atoms with Crippen LogP contribution in [0.5, 0.6) is 0 Å². The second-order valence-electron chi connectivity index (χ2n) is 3.80. The monoisotopic (exact) mass is 231 g/mol. The van der Waals surface area contributed by atoms with Gasteiger partial charge in [-0.1, -0.05) is 6.92 Å². The molecular formula is C10H21N3O3. The quantitative estimate of drug-likeness (QED) is 0.601. The molecule has 0 bridgehead atoms. The summed E-state index contributed by atoms with van der Waals surface area (Å²) in [4.78, 5) is 24.4. The lowest BCUT2D eigenvalue weighted by atomic mass is 10.1. The highest BCUT2D eigenvalue weighted by atomic mass is 16.5. The van der Waals surface area contributed by atoms with Gasteiger partial charge < -0.3 is 20.7 Å². The van der Waals surface area contributed by atoms with Crippen LogP contribution in [0.25, 0.3) is 0 Å². The molecule has 16 heavy (non-hydrogen) atoms. The first-order valence-corrected chi connectivity index (χ1v) is 5.15. The van der Waals surface area contributed by atoms with Gasteiger partial charge in [-0.15, -0.1) is 0 Å². The zero-order valence-electron chi connectivity index (χ0n) is 10.3. The van der Waals surface area contributed by atoms with Crippen molar-refractivity contribution < 1.29 is 14.3 Å². The van der Waals surface area contributed by atoms with E-state index in [1.54, 1.807) is 21.0 Å². The Balaban J connectivity index is 4.19. The van der Waals surface area contributed by atoms with Crippen LogP contribution in [-0.2, 0) is 14.3 Å². The van der Waals surface area contributed by atoms with E-state index in [1.807, 2.05) is 0 Å². The molecule has 2 amide bonds. The molecule has 2 atom stereocenters. The summed E-state index contributed by atoms with van der Waals surface area (Å²) in [5, 5.41) is 2.53. The van der Waals surface area contributed by atoms with E-state index in [4.69, 9.17) is 10.5 Å². The van der Waals surface area contributed by atoms with Gasteiger partial charge in [-0.05, 0) is 0 Å². The summed E-state index contributed by atoms with van der Waals surface area (Å²) in [7, 11) is 4.68. The number of carbonyl (C=O) groups excluding carboxylic acids is 2. The van der Waals surface area contributed by atoms with Gasteiger partial charge in [0.15, 0.2) is 0 Å². The van der Waals surface area contributed by atoms with Crippen molar-refractivity contribution >= 4 is 11.8 Å². The number of amides is 2. The third-order valence-corrected chi connectivity index (χ3v) is 2.28. The summed E-state index contributed by atoms with van der Waals surface area (Å²) in [6.45, 7) is 2.28. The van der Waals surface area contributed by atoms with Gasteiger partial charge in [0.25, 0.3) is 0 Å². The summed E-state index contributed by atoms with van der Waals surface area (Å²) in [5.74, 6) is -0.578. The number of methoxy groups -OCH3 is 1. The lowest BCUT2D eigenvalue weighted by molar-refractivity contribution is -0.134. The minimum Gasteiger partial charge on any atom is -0.383 e. The maximum absolute atomic E-state index is 11.7. The number of rotatable bonds is 6. The summed E-state index contributed by atoms with van der Waals surface area (Å²) in [6.07, 6.45) is 0. The molecule has 6 heteroatoms. The third-order valence-electron chi connectivity index (χ3n) is 2.28. The van der Waals surface area contributed by atoms with E-state index < -0.39 is 6.04 Å². The molecule has 0 saturated heterocycles. The van der Waals surface area contributed by atoms with Crippen molar-refractivity contribution in [2.75, 3.05) is 34.4 Å². The van der Waals surface area contributed by atoms with Gasteiger partial charge in [-0.25, -0.2) is 0 Å². The molecule has 94 valence electrons. The Bertz CT molecular complexity index is 245. The van der Waals surface area contributed by atoms with E-state index in [1.165, 1.54) is 12.0 Å². The van der Waals surface area contributed by atoms with Crippen molar-refractivity contribution in [3.63, 3.8) is 0 Å². The molecular weight excluding hydrogens is 210 g/mol. The molecule has 0 aromatic heterocycles. The fourth-order valence-electron chi connectivity index (χ4n) is 1.36. The minimum absolute atomic E-state index is 0.0973. The number of carbonyl (C=O) groups is 2. The molecule has 0 fully saturated rings. The molecule has 3 N–H and O–H groups in total. The zero-order valence-corrected chi connectivity index (χ0v) is 10.3. The first kappa shape index (κ1) is 14.9. The van der Waals surface area contributed by atoms with Crippen LogP contribution in [0.4, 0.5) is 0 Å². The lowest BCUT2D eigenvalue weighted by Crippen LogP contribution is -2.47. The van der Waals surface area contributed by atoms with Crippen molar-refractivity contribution in [1.82, 2.24) is 10.2 Å². The van der Waals surface area contributed by atoms with Crippen LogP contribution in [0.1, 0.15) is 6.92 Å². The smallest absolute Gasteiger partial charge is 0.241 e. The van der Waals surface area contributed by atoms with Crippen LogP contribution in [0, 0.1) is 5.92 Å². The van der Waals surface area contributed by atoms with Crippen LogP contribution in [0.15, 0.2) is 0 Å². The molecule has 0 aliphatic heterocycles. The van der Waals surface area contributed by atoms with E-state index in [0.717, 1.165) is 0 Å². The standard InChI is InChI=1S/C10H21N3O3/c1-7(9(14)12-2)5-13(3)10(15)8(11)6-16-4/h7-8H,5-6,11H2,1-4H3,(H,12,14). The molecule has 2 unspecified atom stereocenters. The van der Waals surface area contributed by atoms with Crippen molar-refractivity contribution in [1.29, 1.82) is 0 Å². The SMILES string of the molecule is CNC(=O)C(C)CN(C)C(=O)C(N)COC. The Kier molecular flexibility index (Phi) is 6.67. The first-order chi connectivity index (χ1) is 7.43. The highest BCUT2D eigenvalue weighted by Gasteiger charge is 2.21. The molecule has 0 aromatic carbocycles. The average Bonchev–Trinajstić information content (AvgIpc) is 2.26. The van der Waals surface area contributed by atoms with Crippen molar-refractivity contribution in [3.05, 3.63) is 0 Å². The maximum Gasteiger partial charge on any atom is 0.241 e. The number of hydrogen-bond donors (Lipinski definition) is 2. The number of hydrogen-bond acceptors (Lipinski definition) is 4. The second-order valence-corrected chi connectivity index (χ2v) is 3.80. The fraction of sp³-hybridized carbons (Fsp3) is 0.800. The molecule has 0 radical (unpaired) electrons. The molecule has 0 aromatic rings. The van der Waals surface area contributed by atoms with Crippen LogP contribution >= 0.6 is 0 Å². The number of nitrogens with one attached hydrogen (secondary N) is 1. The Labute approximate surface area is 96.1 Å². The molecule has 0 aliphatic carbocycles. The predicted molar refractivity (Wildman–Crippen MR) is 60.7 cm³/mol. The summed E-state index contributed by atoms with van der Waals surface area (Å²) in [5.41, 5.74) is 5.60. The molecule has 0 spiro atoms. The van der Waals surface area contributed by atoms with E-state index in [9.17, 15) is 9.59 Å². The van der Waals surface area contributed by atoms with Gasteiger partial charge in [0.1, 0.15) is 6.04 Å². The van der Waals surface area contributed by atoms with Crippen LogP contribution in [-0.4, -0.2) is 57.1 Å². The zero-order chi connectivity index (χ0) is 12.7. The Morgan fingerprint density at radius 2 is 2.06 bits per heavy atom. The average molecular weight is 231 g/mol. The Morgan fingerprint density at radius 3 is 2.50 bits per heavy atom. The van der Waals surface area contributed by atoms with Gasteiger partial charge in [-0.2, -0.15) is 0 Å². The van der Waals surface area contributed by atoms with Gasteiger partial charge in [-0.3, -0.25) is 9.59 Å². The highest BCUT2D eigenvalue weighted by molar-refractivity contribution is 5.83. The maximum atomic E-state index is 11.7. The minimum atomic E-state index is -0.674. The van der Waals surface area contributed by atoms with Crippen molar-refractivity contribution in [3.8, 4) is 0 Å². The predicted octanol–water partition coefficient (Wildman–Crippen LogP) is -1.20. The van der Waals surface area contributed by atoms with Gasteiger partial charge in [0, 0.05) is 27.7 Å². The lowest BCUT2D eigenvalue weighted by Gasteiger charge is -2.23. The largest absolute Gasteiger partial charge is 0.383 e. The molecule has 0 rings (SSSR count). The van der Waals surface area contributed by atoms with Gasteiger partial charge >= 0.3 is 0 Å². The molecule has 0 saturated carbocycles. The van der Waals surface area contributed by atoms with Crippen LogP contribution < -0.4 is 11.1 Å². The number of likely N-dealkylation sites (N-methyl/N-ethyl adjacent to an activating group) is 1. The summed E-state index contributed by atoms with van der Waals surface area (Å²) < 4.78 is 4.80.